The Morgan fingerprint density at radius 3 is 2.91 bits per heavy atom. The lowest BCUT2D eigenvalue weighted by Crippen LogP contribution is -2.18. The maximum absolute atomic E-state index is 12.9. The minimum atomic E-state index is -0.166. The third-order valence-corrected chi connectivity index (χ3v) is 6.31. The average molecular weight is 438 g/mol. The van der Waals surface area contributed by atoms with E-state index in [1.54, 1.807) is 18.6 Å². The van der Waals surface area contributed by atoms with Crippen molar-refractivity contribution in [3.8, 4) is 5.69 Å². The second kappa shape index (κ2) is 7.83. The van der Waals surface area contributed by atoms with Gasteiger partial charge < -0.3 is 10.3 Å². The second-order valence-electron chi connectivity index (χ2n) is 8.49. The van der Waals surface area contributed by atoms with E-state index in [-0.39, 0.29) is 5.91 Å². The van der Waals surface area contributed by atoms with Crippen molar-refractivity contribution in [2.75, 3.05) is 18.9 Å². The molecule has 0 bridgehead atoms. The predicted molar refractivity (Wildman–Crippen MR) is 128 cm³/mol. The molecule has 0 unspecified atom stereocenters. The zero-order valence-electron chi connectivity index (χ0n) is 18.2. The van der Waals surface area contributed by atoms with Crippen LogP contribution in [0.15, 0.2) is 67.1 Å². The summed E-state index contributed by atoms with van der Waals surface area (Å²) in [5.74, 6) is 0.824. The largest absolute Gasteiger partial charge is 0.341 e. The van der Waals surface area contributed by atoms with Crippen molar-refractivity contribution in [3.05, 3.63) is 78.5 Å². The fourth-order valence-corrected chi connectivity index (χ4v) is 4.58. The highest BCUT2D eigenvalue weighted by molar-refractivity contribution is 6.06. The first kappa shape index (κ1) is 19.6. The number of aromatic nitrogens is 5. The number of fused-ring (bicyclic) bond motifs is 2. The van der Waals surface area contributed by atoms with Gasteiger partial charge in [0.15, 0.2) is 0 Å². The third-order valence-electron chi connectivity index (χ3n) is 6.31. The van der Waals surface area contributed by atoms with Gasteiger partial charge in [0.25, 0.3) is 5.91 Å². The minimum absolute atomic E-state index is 0.166. The van der Waals surface area contributed by atoms with Crippen molar-refractivity contribution >= 4 is 33.5 Å². The van der Waals surface area contributed by atoms with Gasteiger partial charge in [-0.15, -0.1) is 0 Å². The van der Waals surface area contributed by atoms with Crippen LogP contribution in [0.4, 0.5) is 5.69 Å². The number of anilines is 1. The van der Waals surface area contributed by atoms with E-state index in [1.165, 1.54) is 6.42 Å². The molecule has 4 heterocycles. The Morgan fingerprint density at radius 1 is 1.15 bits per heavy atom. The lowest BCUT2D eigenvalue weighted by atomic mass is 10.1. The molecule has 1 fully saturated rings. The molecule has 5 aromatic rings. The Bertz CT molecular complexity index is 1470. The summed E-state index contributed by atoms with van der Waals surface area (Å²) in [6.45, 7) is 1.09. The second-order valence-corrected chi connectivity index (χ2v) is 8.49. The molecule has 0 radical (unpaired) electrons. The molecule has 1 aliphatic heterocycles. The Morgan fingerprint density at radius 2 is 2.09 bits per heavy atom. The normalized spacial score (nSPS) is 16.6. The van der Waals surface area contributed by atoms with E-state index in [1.807, 2.05) is 53.2 Å². The molecule has 0 spiro atoms. The SMILES string of the molecule is CN1CCC[C@@H]1c1nc2ccc(NC(=O)c3ccc4c(cnn4-c4cccnc4)c3)cc2[nH]1. The number of nitrogens with zero attached hydrogens (tertiary/aromatic N) is 5. The Kier molecular flexibility index (Phi) is 4.66. The van der Waals surface area contributed by atoms with Crippen LogP contribution in [0, 0.1) is 0 Å². The molecule has 164 valence electrons. The predicted octanol–water partition coefficient (Wildman–Crippen LogP) is 4.32. The fraction of sp³-hybridized carbons (Fsp3) is 0.200. The Balaban J connectivity index is 1.24. The number of likely N-dealkylation sites (tertiary alicyclic amines) is 1. The highest BCUT2D eigenvalue weighted by Crippen LogP contribution is 2.30. The first-order chi connectivity index (χ1) is 16.2. The molecule has 2 N–H and O–H groups in total. The number of nitrogens with one attached hydrogen (secondary N) is 2. The zero-order valence-corrected chi connectivity index (χ0v) is 18.2. The number of imidazole rings is 1. The number of aromatic amines is 1. The van der Waals surface area contributed by atoms with E-state index in [0.717, 1.165) is 52.1 Å². The van der Waals surface area contributed by atoms with Crippen LogP contribution in [0.2, 0.25) is 0 Å². The topological polar surface area (TPSA) is 91.7 Å². The molecule has 0 aliphatic carbocycles. The number of benzene rings is 2. The molecule has 3 aromatic heterocycles. The van der Waals surface area contributed by atoms with Crippen LogP contribution in [-0.4, -0.2) is 49.1 Å². The molecule has 0 saturated carbocycles. The van der Waals surface area contributed by atoms with Crippen LogP contribution < -0.4 is 5.32 Å². The highest BCUT2D eigenvalue weighted by Gasteiger charge is 2.25. The lowest BCUT2D eigenvalue weighted by Gasteiger charge is -2.16. The van der Waals surface area contributed by atoms with Crippen LogP contribution in [-0.2, 0) is 0 Å². The van der Waals surface area contributed by atoms with Crippen LogP contribution in [0.3, 0.4) is 0 Å². The molecule has 2 aromatic carbocycles. The highest BCUT2D eigenvalue weighted by atomic mass is 16.1. The van der Waals surface area contributed by atoms with Gasteiger partial charge in [-0.3, -0.25) is 14.7 Å². The molecule has 1 saturated heterocycles. The van der Waals surface area contributed by atoms with Crippen molar-refractivity contribution in [1.29, 1.82) is 0 Å². The summed E-state index contributed by atoms with van der Waals surface area (Å²) in [6, 6.07) is 15.5. The fourth-order valence-electron chi connectivity index (χ4n) is 4.58. The number of carbonyl (C=O) groups excluding carboxylic acids is 1. The monoisotopic (exact) mass is 437 g/mol. The maximum atomic E-state index is 12.9. The van der Waals surface area contributed by atoms with Gasteiger partial charge in [-0.2, -0.15) is 5.10 Å². The van der Waals surface area contributed by atoms with Crippen LogP contribution >= 0.6 is 0 Å². The van der Waals surface area contributed by atoms with Gasteiger partial charge in [-0.05, 0) is 75.0 Å². The zero-order chi connectivity index (χ0) is 22.4. The van der Waals surface area contributed by atoms with Crippen LogP contribution in [0.1, 0.15) is 35.1 Å². The molecule has 8 heteroatoms. The van der Waals surface area contributed by atoms with E-state index in [4.69, 9.17) is 4.98 Å². The van der Waals surface area contributed by atoms with Crippen LogP contribution in [0.5, 0.6) is 0 Å². The molecular weight excluding hydrogens is 414 g/mol. The van der Waals surface area contributed by atoms with Crippen molar-refractivity contribution in [2.24, 2.45) is 0 Å². The molecule has 1 atom stereocenters. The molecule has 1 amide bonds. The number of hydrogen-bond acceptors (Lipinski definition) is 5. The van der Waals surface area contributed by atoms with E-state index in [2.05, 4.69) is 32.3 Å². The van der Waals surface area contributed by atoms with Crippen molar-refractivity contribution < 1.29 is 4.79 Å². The molecule has 8 nitrogen and oxygen atoms in total. The van der Waals surface area contributed by atoms with Gasteiger partial charge in [0.1, 0.15) is 5.82 Å². The number of H-pyrrole nitrogens is 1. The summed E-state index contributed by atoms with van der Waals surface area (Å²) < 4.78 is 1.82. The number of rotatable bonds is 4. The Labute approximate surface area is 190 Å². The number of amides is 1. The van der Waals surface area contributed by atoms with Gasteiger partial charge in [0, 0.05) is 22.8 Å². The smallest absolute Gasteiger partial charge is 0.255 e. The van der Waals surface area contributed by atoms with Gasteiger partial charge in [0.2, 0.25) is 0 Å². The number of hydrogen-bond donors (Lipinski definition) is 2. The first-order valence-electron chi connectivity index (χ1n) is 11.1. The minimum Gasteiger partial charge on any atom is -0.341 e. The summed E-state index contributed by atoms with van der Waals surface area (Å²) in [6.07, 6.45) is 7.54. The summed E-state index contributed by atoms with van der Waals surface area (Å²) in [7, 11) is 2.13. The van der Waals surface area contributed by atoms with Crippen molar-refractivity contribution in [2.45, 2.75) is 18.9 Å². The van der Waals surface area contributed by atoms with Gasteiger partial charge in [-0.25, -0.2) is 9.67 Å². The summed E-state index contributed by atoms with van der Waals surface area (Å²) in [5.41, 5.74) is 4.94. The van der Waals surface area contributed by atoms with E-state index < -0.39 is 0 Å². The van der Waals surface area contributed by atoms with E-state index >= 15 is 0 Å². The van der Waals surface area contributed by atoms with Crippen molar-refractivity contribution in [1.82, 2.24) is 29.6 Å². The molecular formula is C25H23N7O. The van der Waals surface area contributed by atoms with Gasteiger partial charge >= 0.3 is 0 Å². The first-order valence-corrected chi connectivity index (χ1v) is 11.1. The number of carbonyl (C=O) groups is 1. The lowest BCUT2D eigenvalue weighted by molar-refractivity contribution is 0.102. The summed E-state index contributed by atoms with van der Waals surface area (Å²) >= 11 is 0. The van der Waals surface area contributed by atoms with Gasteiger partial charge in [-0.1, -0.05) is 0 Å². The van der Waals surface area contributed by atoms with E-state index in [0.29, 0.717) is 11.6 Å². The van der Waals surface area contributed by atoms with Crippen LogP contribution in [0.25, 0.3) is 27.6 Å². The molecule has 33 heavy (non-hydrogen) atoms. The standard InChI is InChI=1S/C25H23N7O/c1-31-11-3-5-23(31)24-29-20-8-7-18(13-21(20)30-24)28-25(33)16-6-9-22-17(12-16)14-27-32(22)19-4-2-10-26-15-19/h2,4,6-10,12-15,23H,3,5,11H2,1H3,(H,28,33)(H,29,30)/t23-/m1/s1. The third kappa shape index (κ3) is 3.54. The Hall–Kier alpha value is -4.04. The molecule has 6 rings (SSSR count). The summed E-state index contributed by atoms with van der Waals surface area (Å²) in [5, 5.41) is 8.35. The molecule has 1 aliphatic rings. The maximum Gasteiger partial charge on any atom is 0.255 e. The number of pyridine rings is 1. The average Bonchev–Trinajstić information content (AvgIpc) is 3.56. The summed E-state index contributed by atoms with van der Waals surface area (Å²) in [4.78, 5) is 27.6. The van der Waals surface area contributed by atoms with E-state index in [9.17, 15) is 4.79 Å². The van der Waals surface area contributed by atoms with Gasteiger partial charge in [0.05, 0.1) is 40.7 Å². The quantitative estimate of drug-likeness (QED) is 0.437. The van der Waals surface area contributed by atoms with Crippen molar-refractivity contribution in [3.63, 3.8) is 0 Å².